The van der Waals surface area contributed by atoms with Crippen LogP contribution in [-0.2, 0) is 4.74 Å². The first-order valence-corrected chi connectivity index (χ1v) is 5.42. The summed E-state index contributed by atoms with van der Waals surface area (Å²) in [5, 5.41) is 0.351. The maximum Gasteiger partial charge on any atom is 0.0696 e. The van der Waals surface area contributed by atoms with Gasteiger partial charge in [-0.15, -0.1) is 11.6 Å². The van der Waals surface area contributed by atoms with Gasteiger partial charge in [0.25, 0.3) is 0 Å². The molecule has 2 unspecified atom stereocenters. The van der Waals surface area contributed by atoms with E-state index in [1.807, 2.05) is 0 Å². The van der Waals surface area contributed by atoms with Crippen molar-refractivity contribution >= 4 is 11.6 Å². The first-order valence-electron chi connectivity index (χ1n) is 4.99. The van der Waals surface area contributed by atoms with Crippen molar-refractivity contribution in [2.45, 2.75) is 50.0 Å². The monoisotopic (exact) mass is 188 g/mol. The Labute approximate surface area is 79.4 Å². The van der Waals surface area contributed by atoms with Gasteiger partial charge < -0.3 is 4.74 Å². The smallest absolute Gasteiger partial charge is 0.0696 e. The van der Waals surface area contributed by atoms with E-state index in [0.29, 0.717) is 5.38 Å². The van der Waals surface area contributed by atoms with Gasteiger partial charge in [-0.25, -0.2) is 0 Å². The molecule has 0 aromatic rings. The van der Waals surface area contributed by atoms with Crippen LogP contribution in [0.4, 0.5) is 0 Å². The van der Waals surface area contributed by atoms with E-state index in [0.717, 1.165) is 25.4 Å². The van der Waals surface area contributed by atoms with Crippen molar-refractivity contribution < 1.29 is 4.74 Å². The third-order valence-corrected chi connectivity index (χ3v) is 3.83. The number of hydrogen-bond donors (Lipinski definition) is 0. The quantitative estimate of drug-likeness (QED) is 0.575. The van der Waals surface area contributed by atoms with Crippen LogP contribution in [0, 0.1) is 5.92 Å². The van der Waals surface area contributed by atoms with Crippen LogP contribution in [0.15, 0.2) is 0 Å². The van der Waals surface area contributed by atoms with Crippen molar-refractivity contribution in [3.8, 4) is 0 Å². The molecule has 2 fully saturated rings. The fourth-order valence-electron chi connectivity index (χ4n) is 2.32. The van der Waals surface area contributed by atoms with Crippen LogP contribution in [0.2, 0.25) is 0 Å². The Balaban J connectivity index is 1.97. The molecular formula is C10H17ClO. The van der Waals surface area contributed by atoms with E-state index in [4.69, 9.17) is 16.3 Å². The highest BCUT2D eigenvalue weighted by Gasteiger charge is 2.42. The van der Waals surface area contributed by atoms with Gasteiger partial charge in [-0.3, -0.25) is 0 Å². The predicted molar refractivity (Wildman–Crippen MR) is 50.6 cm³/mol. The predicted octanol–water partition coefficient (Wildman–Crippen LogP) is 2.96. The van der Waals surface area contributed by atoms with Gasteiger partial charge in [-0.05, 0) is 38.5 Å². The molecule has 0 spiro atoms. The molecule has 2 atom stereocenters. The van der Waals surface area contributed by atoms with Crippen LogP contribution in [-0.4, -0.2) is 17.6 Å². The molecule has 70 valence electrons. The SMILES string of the molecule is CC1(C2CCC2)CC(Cl)CCO1. The molecule has 1 nitrogen and oxygen atoms in total. The standard InChI is InChI=1S/C10H17ClO/c1-10(8-3-2-4-8)7-9(11)5-6-12-10/h8-9H,2-7H2,1H3. The van der Waals surface area contributed by atoms with E-state index < -0.39 is 0 Å². The number of halogens is 1. The zero-order valence-electron chi connectivity index (χ0n) is 7.68. The molecular weight excluding hydrogens is 172 g/mol. The molecule has 0 aromatic carbocycles. The first-order chi connectivity index (χ1) is 5.71. The topological polar surface area (TPSA) is 9.23 Å². The van der Waals surface area contributed by atoms with E-state index in [1.54, 1.807) is 0 Å². The van der Waals surface area contributed by atoms with E-state index in [1.165, 1.54) is 19.3 Å². The Bertz CT molecular complexity index is 167. The molecule has 12 heavy (non-hydrogen) atoms. The molecule has 1 heterocycles. The minimum Gasteiger partial charge on any atom is -0.375 e. The van der Waals surface area contributed by atoms with Crippen molar-refractivity contribution in [2.75, 3.05) is 6.61 Å². The van der Waals surface area contributed by atoms with Crippen molar-refractivity contribution in [3.63, 3.8) is 0 Å². The molecule has 1 saturated heterocycles. The lowest BCUT2D eigenvalue weighted by Crippen LogP contribution is -2.46. The Morgan fingerprint density at radius 3 is 2.58 bits per heavy atom. The number of hydrogen-bond acceptors (Lipinski definition) is 1. The third-order valence-electron chi connectivity index (χ3n) is 3.46. The molecule has 2 rings (SSSR count). The highest BCUT2D eigenvalue weighted by molar-refractivity contribution is 6.20. The molecule has 1 aliphatic heterocycles. The summed E-state index contributed by atoms with van der Waals surface area (Å²) < 4.78 is 5.86. The molecule has 0 N–H and O–H groups in total. The number of alkyl halides is 1. The van der Waals surface area contributed by atoms with Crippen molar-refractivity contribution in [1.82, 2.24) is 0 Å². The first kappa shape index (κ1) is 8.83. The van der Waals surface area contributed by atoms with Crippen LogP contribution in [0.1, 0.15) is 39.0 Å². The van der Waals surface area contributed by atoms with Gasteiger partial charge in [0.2, 0.25) is 0 Å². The van der Waals surface area contributed by atoms with Crippen LogP contribution in [0.25, 0.3) is 0 Å². The van der Waals surface area contributed by atoms with Crippen molar-refractivity contribution in [3.05, 3.63) is 0 Å². The highest BCUT2D eigenvalue weighted by atomic mass is 35.5. The summed E-state index contributed by atoms with van der Waals surface area (Å²) in [7, 11) is 0. The summed E-state index contributed by atoms with van der Waals surface area (Å²) in [4.78, 5) is 0. The lowest BCUT2D eigenvalue weighted by atomic mass is 9.71. The Morgan fingerprint density at radius 1 is 1.33 bits per heavy atom. The van der Waals surface area contributed by atoms with Crippen LogP contribution in [0.5, 0.6) is 0 Å². The Kier molecular flexibility index (Phi) is 2.35. The zero-order chi connectivity index (χ0) is 8.60. The van der Waals surface area contributed by atoms with E-state index >= 15 is 0 Å². The van der Waals surface area contributed by atoms with Gasteiger partial charge in [-0.2, -0.15) is 0 Å². The summed E-state index contributed by atoms with van der Waals surface area (Å²) in [6.45, 7) is 3.10. The lowest BCUT2D eigenvalue weighted by molar-refractivity contribution is -0.121. The largest absolute Gasteiger partial charge is 0.375 e. The van der Waals surface area contributed by atoms with Crippen LogP contribution >= 0.6 is 11.6 Å². The summed E-state index contributed by atoms with van der Waals surface area (Å²) in [5.41, 5.74) is 0.114. The molecule has 2 aliphatic rings. The number of ether oxygens (including phenoxy) is 1. The summed E-state index contributed by atoms with van der Waals surface area (Å²) in [5.74, 6) is 0.791. The molecule has 1 saturated carbocycles. The fraction of sp³-hybridized carbons (Fsp3) is 1.00. The van der Waals surface area contributed by atoms with Gasteiger partial charge in [0.05, 0.1) is 5.60 Å². The normalized spacial score (nSPS) is 44.0. The minimum atomic E-state index is 0.114. The molecule has 0 bridgehead atoms. The van der Waals surface area contributed by atoms with Gasteiger partial charge in [0, 0.05) is 12.0 Å². The van der Waals surface area contributed by atoms with Gasteiger partial charge in [0.1, 0.15) is 0 Å². The average Bonchev–Trinajstić information content (AvgIpc) is 1.79. The molecule has 0 amide bonds. The molecule has 0 radical (unpaired) electrons. The van der Waals surface area contributed by atoms with Crippen molar-refractivity contribution in [2.24, 2.45) is 5.92 Å². The summed E-state index contributed by atoms with van der Waals surface area (Å²) >= 11 is 6.15. The second-order valence-electron chi connectivity index (χ2n) is 4.38. The van der Waals surface area contributed by atoms with Crippen LogP contribution < -0.4 is 0 Å². The summed E-state index contributed by atoms with van der Waals surface area (Å²) in [6.07, 6.45) is 6.17. The Hall–Kier alpha value is 0.250. The maximum atomic E-state index is 6.15. The van der Waals surface area contributed by atoms with E-state index in [9.17, 15) is 0 Å². The van der Waals surface area contributed by atoms with Gasteiger partial charge in [-0.1, -0.05) is 6.42 Å². The van der Waals surface area contributed by atoms with E-state index in [-0.39, 0.29) is 5.60 Å². The second-order valence-corrected chi connectivity index (χ2v) is 5.00. The third kappa shape index (κ3) is 1.49. The second kappa shape index (κ2) is 3.19. The molecule has 0 aromatic heterocycles. The van der Waals surface area contributed by atoms with Gasteiger partial charge in [0.15, 0.2) is 0 Å². The zero-order valence-corrected chi connectivity index (χ0v) is 8.44. The average molecular weight is 189 g/mol. The van der Waals surface area contributed by atoms with Crippen LogP contribution in [0.3, 0.4) is 0 Å². The maximum absolute atomic E-state index is 6.15. The molecule has 2 heteroatoms. The summed E-state index contributed by atoms with van der Waals surface area (Å²) in [6, 6.07) is 0. The number of rotatable bonds is 1. The lowest BCUT2D eigenvalue weighted by Gasteiger charge is -2.46. The van der Waals surface area contributed by atoms with E-state index in [2.05, 4.69) is 6.92 Å². The fourth-order valence-corrected chi connectivity index (χ4v) is 2.72. The van der Waals surface area contributed by atoms with Crippen molar-refractivity contribution in [1.29, 1.82) is 0 Å². The highest BCUT2D eigenvalue weighted by Crippen LogP contribution is 2.43. The minimum absolute atomic E-state index is 0.114. The Morgan fingerprint density at radius 2 is 2.08 bits per heavy atom. The van der Waals surface area contributed by atoms with Gasteiger partial charge >= 0.3 is 0 Å². The molecule has 1 aliphatic carbocycles.